The Labute approximate surface area is 147 Å². The van der Waals surface area contributed by atoms with Gasteiger partial charge in [0.05, 0.1) is 10.6 Å². The zero-order valence-corrected chi connectivity index (χ0v) is 14.6. The summed E-state index contributed by atoms with van der Waals surface area (Å²) in [6, 6.07) is 14.6. The van der Waals surface area contributed by atoms with Crippen molar-refractivity contribution >= 4 is 22.7 Å². The lowest BCUT2D eigenvalue weighted by Gasteiger charge is -2.33. The lowest BCUT2D eigenvalue weighted by Crippen LogP contribution is -2.36. The third kappa shape index (κ3) is 3.06. The molecule has 4 rings (SSSR count). The van der Waals surface area contributed by atoms with Gasteiger partial charge in [-0.25, -0.2) is 4.98 Å². The average molecular weight is 341 g/mol. The maximum atomic E-state index is 6.26. The van der Waals surface area contributed by atoms with Gasteiger partial charge in [0.25, 0.3) is 0 Å². The summed E-state index contributed by atoms with van der Waals surface area (Å²) in [6.07, 6.45) is 3.94. The van der Waals surface area contributed by atoms with Crippen molar-refractivity contribution in [2.24, 2.45) is 0 Å². The highest BCUT2D eigenvalue weighted by atomic mass is 35.5. The standard InChI is InChI=1S/C20H21ClN2O/c1-14-6-4-5-11-23(14)13-15-9-10-19-18(12-15)22-20(24-19)16-7-2-3-8-17(16)21/h2-3,7-10,12,14H,4-6,11,13H2,1H3/t14-/m1/s1. The smallest absolute Gasteiger partial charge is 0.228 e. The lowest BCUT2D eigenvalue weighted by molar-refractivity contribution is 0.152. The Bertz CT molecular complexity index is 858. The fourth-order valence-electron chi connectivity index (χ4n) is 3.45. The third-order valence-corrected chi connectivity index (χ3v) is 5.21. The monoisotopic (exact) mass is 340 g/mol. The Morgan fingerprint density at radius 1 is 1.21 bits per heavy atom. The summed E-state index contributed by atoms with van der Waals surface area (Å²) < 4.78 is 5.89. The van der Waals surface area contributed by atoms with Crippen LogP contribution in [0.15, 0.2) is 46.9 Å². The van der Waals surface area contributed by atoms with E-state index < -0.39 is 0 Å². The number of piperidine rings is 1. The lowest BCUT2D eigenvalue weighted by atomic mass is 10.0. The zero-order chi connectivity index (χ0) is 16.5. The second-order valence-corrected chi connectivity index (χ2v) is 7.02. The maximum Gasteiger partial charge on any atom is 0.228 e. The molecule has 3 aromatic rings. The number of halogens is 1. The van der Waals surface area contributed by atoms with Crippen LogP contribution in [0.4, 0.5) is 0 Å². The fourth-order valence-corrected chi connectivity index (χ4v) is 3.66. The molecule has 1 aliphatic rings. The van der Waals surface area contributed by atoms with E-state index in [1.807, 2.05) is 30.3 Å². The molecule has 3 nitrogen and oxygen atoms in total. The Balaban J connectivity index is 1.63. The number of nitrogens with zero attached hydrogens (tertiary/aromatic N) is 2. The molecule has 1 fully saturated rings. The van der Waals surface area contributed by atoms with Crippen molar-refractivity contribution < 1.29 is 4.42 Å². The molecule has 124 valence electrons. The van der Waals surface area contributed by atoms with E-state index in [-0.39, 0.29) is 0 Å². The summed E-state index contributed by atoms with van der Waals surface area (Å²) in [5.74, 6) is 0.582. The van der Waals surface area contributed by atoms with Gasteiger partial charge in [-0.2, -0.15) is 0 Å². The molecule has 1 aromatic heterocycles. The molecule has 0 N–H and O–H groups in total. The minimum Gasteiger partial charge on any atom is -0.436 e. The maximum absolute atomic E-state index is 6.26. The largest absolute Gasteiger partial charge is 0.436 e. The van der Waals surface area contributed by atoms with Crippen LogP contribution in [0.5, 0.6) is 0 Å². The first kappa shape index (κ1) is 15.7. The quantitative estimate of drug-likeness (QED) is 0.628. The highest BCUT2D eigenvalue weighted by Crippen LogP contribution is 2.30. The van der Waals surface area contributed by atoms with E-state index in [4.69, 9.17) is 16.0 Å². The predicted molar refractivity (Wildman–Crippen MR) is 98.2 cm³/mol. The highest BCUT2D eigenvalue weighted by molar-refractivity contribution is 6.33. The highest BCUT2D eigenvalue weighted by Gasteiger charge is 2.19. The van der Waals surface area contributed by atoms with Gasteiger partial charge in [0.15, 0.2) is 5.58 Å². The van der Waals surface area contributed by atoms with Gasteiger partial charge in [0.2, 0.25) is 5.89 Å². The average Bonchev–Trinajstić information content (AvgIpc) is 3.00. The molecule has 2 aromatic carbocycles. The predicted octanol–water partition coefficient (Wildman–Crippen LogP) is 5.52. The number of aromatic nitrogens is 1. The van der Waals surface area contributed by atoms with Gasteiger partial charge in [-0.3, -0.25) is 4.90 Å². The SMILES string of the molecule is C[C@@H]1CCCCN1Cc1ccc2oc(-c3ccccc3Cl)nc2c1. The molecule has 1 saturated heterocycles. The summed E-state index contributed by atoms with van der Waals surface area (Å²) in [7, 11) is 0. The van der Waals surface area contributed by atoms with Crippen molar-refractivity contribution in [2.75, 3.05) is 6.54 Å². The van der Waals surface area contributed by atoms with E-state index in [9.17, 15) is 0 Å². The third-order valence-electron chi connectivity index (χ3n) is 4.88. The molecule has 0 saturated carbocycles. The Morgan fingerprint density at radius 3 is 2.92 bits per heavy atom. The fraction of sp³-hybridized carbons (Fsp3) is 0.350. The van der Waals surface area contributed by atoms with Crippen molar-refractivity contribution in [3.63, 3.8) is 0 Å². The minimum atomic E-state index is 0.582. The summed E-state index contributed by atoms with van der Waals surface area (Å²) in [5, 5.41) is 0.659. The molecule has 2 heterocycles. The Kier molecular flexibility index (Phi) is 4.30. The van der Waals surface area contributed by atoms with Gasteiger partial charge in [-0.1, -0.05) is 36.2 Å². The van der Waals surface area contributed by atoms with E-state index in [0.717, 1.165) is 23.2 Å². The van der Waals surface area contributed by atoms with Gasteiger partial charge < -0.3 is 4.42 Å². The van der Waals surface area contributed by atoms with Crippen molar-refractivity contribution in [2.45, 2.75) is 38.8 Å². The number of likely N-dealkylation sites (tertiary alicyclic amines) is 1. The van der Waals surface area contributed by atoms with Crippen LogP contribution in [0.1, 0.15) is 31.7 Å². The van der Waals surface area contributed by atoms with Crippen LogP contribution in [0.25, 0.3) is 22.6 Å². The Hall–Kier alpha value is -1.84. The number of hydrogen-bond donors (Lipinski definition) is 0. The summed E-state index contributed by atoms with van der Waals surface area (Å²) in [6.45, 7) is 4.48. The molecule has 4 heteroatoms. The minimum absolute atomic E-state index is 0.582. The number of rotatable bonds is 3. The summed E-state index contributed by atoms with van der Waals surface area (Å²) in [4.78, 5) is 7.20. The van der Waals surface area contributed by atoms with E-state index >= 15 is 0 Å². The van der Waals surface area contributed by atoms with Crippen molar-refractivity contribution in [1.29, 1.82) is 0 Å². The number of benzene rings is 2. The van der Waals surface area contributed by atoms with Crippen LogP contribution in [0, 0.1) is 0 Å². The van der Waals surface area contributed by atoms with E-state index in [0.29, 0.717) is 17.0 Å². The van der Waals surface area contributed by atoms with E-state index in [1.165, 1.54) is 31.4 Å². The van der Waals surface area contributed by atoms with Crippen LogP contribution < -0.4 is 0 Å². The van der Waals surface area contributed by atoms with Gasteiger partial charge >= 0.3 is 0 Å². The number of hydrogen-bond acceptors (Lipinski definition) is 3. The molecular formula is C20H21ClN2O. The van der Waals surface area contributed by atoms with Crippen molar-refractivity contribution in [3.8, 4) is 11.5 Å². The van der Waals surface area contributed by atoms with Crippen LogP contribution in [-0.2, 0) is 6.54 Å². The number of fused-ring (bicyclic) bond motifs is 1. The van der Waals surface area contributed by atoms with Crippen LogP contribution in [0.3, 0.4) is 0 Å². The topological polar surface area (TPSA) is 29.3 Å². The van der Waals surface area contributed by atoms with E-state index in [1.54, 1.807) is 0 Å². The zero-order valence-electron chi connectivity index (χ0n) is 13.8. The van der Waals surface area contributed by atoms with Gasteiger partial charge in [-0.15, -0.1) is 0 Å². The summed E-state index contributed by atoms with van der Waals surface area (Å²) >= 11 is 6.26. The molecule has 0 amide bonds. The summed E-state index contributed by atoms with van der Waals surface area (Å²) in [5.41, 5.74) is 3.82. The number of oxazole rings is 1. The van der Waals surface area contributed by atoms with E-state index in [2.05, 4.69) is 28.9 Å². The van der Waals surface area contributed by atoms with Gasteiger partial charge in [0.1, 0.15) is 5.52 Å². The van der Waals surface area contributed by atoms with Crippen LogP contribution in [-0.4, -0.2) is 22.5 Å². The molecule has 0 radical (unpaired) electrons. The van der Waals surface area contributed by atoms with Crippen LogP contribution in [0.2, 0.25) is 5.02 Å². The molecular weight excluding hydrogens is 320 g/mol. The first-order valence-corrected chi connectivity index (χ1v) is 8.97. The molecule has 0 bridgehead atoms. The molecule has 0 spiro atoms. The van der Waals surface area contributed by atoms with Crippen molar-refractivity contribution in [1.82, 2.24) is 9.88 Å². The van der Waals surface area contributed by atoms with Crippen LogP contribution >= 0.6 is 11.6 Å². The molecule has 1 aliphatic heterocycles. The second-order valence-electron chi connectivity index (χ2n) is 6.62. The van der Waals surface area contributed by atoms with Gasteiger partial charge in [0, 0.05) is 12.6 Å². The van der Waals surface area contributed by atoms with Gasteiger partial charge in [-0.05, 0) is 56.1 Å². The molecule has 1 atom stereocenters. The molecule has 0 unspecified atom stereocenters. The first-order chi connectivity index (χ1) is 11.7. The second kappa shape index (κ2) is 6.58. The molecule has 0 aliphatic carbocycles. The first-order valence-electron chi connectivity index (χ1n) is 8.59. The molecule has 24 heavy (non-hydrogen) atoms. The normalized spacial score (nSPS) is 19.0. The van der Waals surface area contributed by atoms with Crippen molar-refractivity contribution in [3.05, 3.63) is 53.1 Å². The Morgan fingerprint density at radius 2 is 2.08 bits per heavy atom.